The normalized spacial score (nSPS) is 10.9. The highest BCUT2D eigenvalue weighted by molar-refractivity contribution is 5.62. The van der Waals surface area contributed by atoms with E-state index in [1.807, 2.05) is 4.68 Å². The fourth-order valence-electron chi connectivity index (χ4n) is 2.49. The minimum absolute atomic E-state index is 0.386. The second kappa shape index (κ2) is 6.12. The first kappa shape index (κ1) is 14.5. The Kier molecular flexibility index (Phi) is 4.02. The average Bonchev–Trinajstić information content (AvgIpc) is 2.93. The lowest BCUT2D eigenvalue weighted by Crippen LogP contribution is -2.05. The van der Waals surface area contributed by atoms with Crippen molar-refractivity contribution in [1.29, 1.82) is 0 Å². The Labute approximate surface area is 130 Å². The van der Waals surface area contributed by atoms with Crippen molar-refractivity contribution in [3.63, 3.8) is 0 Å². The van der Waals surface area contributed by atoms with Crippen LogP contribution in [-0.2, 0) is 13.1 Å². The van der Waals surface area contributed by atoms with E-state index < -0.39 is 0 Å². The molecular weight excluding hydrogens is 272 g/mol. The third-order valence-corrected chi connectivity index (χ3v) is 3.78. The lowest BCUT2D eigenvalue weighted by atomic mass is 10.1. The zero-order chi connectivity index (χ0) is 15.5. The van der Waals surface area contributed by atoms with Crippen molar-refractivity contribution in [2.24, 2.45) is 5.73 Å². The van der Waals surface area contributed by atoms with Gasteiger partial charge in [0.2, 0.25) is 0 Å². The van der Waals surface area contributed by atoms with Gasteiger partial charge in [0.15, 0.2) is 0 Å². The Bertz CT molecular complexity index is 755. The van der Waals surface area contributed by atoms with Gasteiger partial charge in [-0.25, -0.2) is 4.68 Å². The molecule has 0 bridgehead atoms. The molecule has 2 N–H and O–H groups in total. The number of hydrogen-bond acceptors (Lipinski definition) is 3. The second-order valence-corrected chi connectivity index (χ2v) is 5.60. The zero-order valence-electron chi connectivity index (χ0n) is 13.0. The van der Waals surface area contributed by atoms with Gasteiger partial charge in [-0.15, -0.1) is 5.10 Å². The molecule has 0 fully saturated rings. The first-order valence-corrected chi connectivity index (χ1v) is 7.42. The quantitative estimate of drug-likeness (QED) is 0.804. The van der Waals surface area contributed by atoms with Crippen LogP contribution in [-0.4, -0.2) is 15.0 Å². The summed E-state index contributed by atoms with van der Waals surface area (Å²) in [7, 11) is 0. The number of benzene rings is 2. The van der Waals surface area contributed by atoms with Crippen LogP contribution in [0, 0.1) is 13.8 Å². The Morgan fingerprint density at radius 1 is 0.909 bits per heavy atom. The van der Waals surface area contributed by atoms with Gasteiger partial charge in [-0.1, -0.05) is 64.9 Å². The van der Waals surface area contributed by atoms with Crippen molar-refractivity contribution in [1.82, 2.24) is 15.0 Å². The lowest BCUT2D eigenvalue weighted by molar-refractivity contribution is 0.654. The van der Waals surface area contributed by atoms with Crippen LogP contribution in [0.1, 0.15) is 22.4 Å². The van der Waals surface area contributed by atoms with Crippen molar-refractivity contribution in [2.75, 3.05) is 0 Å². The predicted octanol–water partition coefficient (Wildman–Crippen LogP) is 3.07. The summed E-state index contributed by atoms with van der Waals surface area (Å²) < 4.78 is 1.93. The molecule has 0 aliphatic heterocycles. The number of nitrogens with zero attached hydrogens (tertiary/aromatic N) is 3. The minimum Gasteiger partial charge on any atom is -0.325 e. The second-order valence-electron chi connectivity index (χ2n) is 5.60. The van der Waals surface area contributed by atoms with Gasteiger partial charge in [0.05, 0.1) is 12.2 Å². The van der Waals surface area contributed by atoms with Crippen molar-refractivity contribution in [3.8, 4) is 11.3 Å². The number of hydrogen-bond donors (Lipinski definition) is 1. The topological polar surface area (TPSA) is 56.7 Å². The van der Waals surface area contributed by atoms with E-state index in [4.69, 9.17) is 5.73 Å². The van der Waals surface area contributed by atoms with Crippen LogP contribution in [0.15, 0.2) is 48.5 Å². The van der Waals surface area contributed by atoms with Gasteiger partial charge in [0.25, 0.3) is 0 Å². The highest BCUT2D eigenvalue weighted by Crippen LogP contribution is 2.23. The molecule has 112 valence electrons. The smallest absolute Gasteiger partial charge is 0.104 e. The number of rotatable bonds is 4. The summed E-state index contributed by atoms with van der Waals surface area (Å²) in [4.78, 5) is 0. The van der Waals surface area contributed by atoms with Crippen LogP contribution in [0.5, 0.6) is 0 Å². The molecular formula is C18H20N4. The van der Waals surface area contributed by atoms with Gasteiger partial charge < -0.3 is 5.73 Å². The zero-order valence-corrected chi connectivity index (χ0v) is 13.0. The third-order valence-electron chi connectivity index (χ3n) is 3.78. The largest absolute Gasteiger partial charge is 0.325 e. The van der Waals surface area contributed by atoms with Crippen LogP contribution in [0.2, 0.25) is 0 Å². The molecule has 0 amide bonds. The summed E-state index contributed by atoms with van der Waals surface area (Å²) in [5.41, 5.74) is 12.4. The molecule has 3 aromatic rings. The molecule has 0 saturated heterocycles. The van der Waals surface area contributed by atoms with E-state index in [0.29, 0.717) is 13.1 Å². The molecule has 0 aliphatic carbocycles. The maximum Gasteiger partial charge on any atom is 0.104 e. The molecule has 0 spiro atoms. The molecule has 0 saturated carbocycles. The van der Waals surface area contributed by atoms with Gasteiger partial charge >= 0.3 is 0 Å². The Balaban J connectivity index is 1.99. The summed E-state index contributed by atoms with van der Waals surface area (Å²) in [6.07, 6.45) is 0. The molecule has 0 aliphatic rings. The van der Waals surface area contributed by atoms with Crippen molar-refractivity contribution in [2.45, 2.75) is 26.9 Å². The third kappa shape index (κ3) is 2.92. The van der Waals surface area contributed by atoms with Crippen LogP contribution in [0.3, 0.4) is 0 Å². The van der Waals surface area contributed by atoms with Gasteiger partial charge in [-0.05, 0) is 19.4 Å². The van der Waals surface area contributed by atoms with Gasteiger partial charge in [-0.3, -0.25) is 0 Å². The molecule has 1 heterocycles. The molecule has 0 unspecified atom stereocenters. The van der Waals surface area contributed by atoms with E-state index in [1.165, 1.54) is 16.7 Å². The first-order chi connectivity index (χ1) is 10.7. The SMILES string of the molecule is Cc1ccc(Cn2nnc(CN)c2-c2ccc(C)cc2)cc1. The molecule has 4 nitrogen and oxygen atoms in total. The van der Waals surface area contributed by atoms with Gasteiger partial charge in [0, 0.05) is 12.1 Å². The van der Waals surface area contributed by atoms with E-state index in [9.17, 15) is 0 Å². The van der Waals surface area contributed by atoms with Crippen LogP contribution < -0.4 is 5.73 Å². The Morgan fingerprint density at radius 3 is 2.09 bits per heavy atom. The van der Waals surface area contributed by atoms with Crippen molar-refractivity contribution < 1.29 is 0 Å². The number of aromatic nitrogens is 3. The van der Waals surface area contributed by atoms with E-state index >= 15 is 0 Å². The average molecular weight is 292 g/mol. The molecule has 2 aromatic carbocycles. The summed E-state index contributed by atoms with van der Waals surface area (Å²) in [6, 6.07) is 16.9. The van der Waals surface area contributed by atoms with Crippen LogP contribution in [0.4, 0.5) is 0 Å². The highest BCUT2D eigenvalue weighted by atomic mass is 15.4. The molecule has 0 atom stereocenters. The van der Waals surface area contributed by atoms with Crippen molar-refractivity contribution in [3.05, 3.63) is 70.9 Å². The van der Waals surface area contributed by atoms with E-state index in [1.54, 1.807) is 0 Å². The molecule has 1 aromatic heterocycles. The van der Waals surface area contributed by atoms with Crippen molar-refractivity contribution >= 4 is 0 Å². The van der Waals surface area contributed by atoms with Gasteiger partial charge in [0.1, 0.15) is 5.69 Å². The standard InChI is InChI=1S/C18H20N4/c1-13-3-7-15(8-4-13)12-22-18(17(11-19)20-21-22)16-9-5-14(2)6-10-16/h3-10H,11-12,19H2,1-2H3. The maximum atomic E-state index is 5.83. The molecule has 4 heteroatoms. The lowest BCUT2D eigenvalue weighted by Gasteiger charge is -2.09. The monoisotopic (exact) mass is 292 g/mol. The summed E-state index contributed by atoms with van der Waals surface area (Å²) in [5, 5.41) is 8.53. The Morgan fingerprint density at radius 2 is 1.50 bits per heavy atom. The summed E-state index contributed by atoms with van der Waals surface area (Å²) in [6.45, 7) is 5.24. The first-order valence-electron chi connectivity index (χ1n) is 7.42. The maximum absolute atomic E-state index is 5.83. The van der Waals surface area contributed by atoms with E-state index in [-0.39, 0.29) is 0 Å². The summed E-state index contributed by atoms with van der Waals surface area (Å²) in [5.74, 6) is 0. The highest BCUT2D eigenvalue weighted by Gasteiger charge is 2.14. The molecule has 22 heavy (non-hydrogen) atoms. The predicted molar refractivity (Wildman–Crippen MR) is 88.4 cm³/mol. The molecule has 0 radical (unpaired) electrons. The number of aryl methyl sites for hydroxylation is 2. The van der Waals surface area contributed by atoms with Gasteiger partial charge in [-0.2, -0.15) is 0 Å². The van der Waals surface area contributed by atoms with E-state index in [2.05, 4.69) is 72.7 Å². The fraction of sp³-hybridized carbons (Fsp3) is 0.222. The van der Waals surface area contributed by atoms with Crippen LogP contribution in [0.25, 0.3) is 11.3 Å². The Hall–Kier alpha value is -2.46. The fourth-order valence-corrected chi connectivity index (χ4v) is 2.49. The van der Waals surface area contributed by atoms with E-state index in [0.717, 1.165) is 17.0 Å². The van der Waals surface area contributed by atoms with Crippen LogP contribution >= 0.6 is 0 Å². The minimum atomic E-state index is 0.386. The number of nitrogens with two attached hydrogens (primary N) is 1. The molecule has 3 rings (SSSR count). The summed E-state index contributed by atoms with van der Waals surface area (Å²) >= 11 is 0.